The molecular formula is C17H26N4O. The number of carbonyl (C=O) groups is 1. The molecule has 0 unspecified atom stereocenters. The molecule has 0 aliphatic carbocycles. The summed E-state index contributed by atoms with van der Waals surface area (Å²) >= 11 is 0. The molecule has 5 nitrogen and oxygen atoms in total. The summed E-state index contributed by atoms with van der Waals surface area (Å²) in [6, 6.07) is 9.33. The van der Waals surface area contributed by atoms with Gasteiger partial charge in [-0.2, -0.15) is 5.10 Å². The maximum atomic E-state index is 11.8. The largest absolute Gasteiger partial charge is 0.352 e. The molecule has 1 heterocycles. The van der Waals surface area contributed by atoms with Gasteiger partial charge in [0.15, 0.2) is 0 Å². The monoisotopic (exact) mass is 302 g/mol. The van der Waals surface area contributed by atoms with E-state index in [2.05, 4.69) is 27.4 Å². The number of amides is 1. The normalized spacial score (nSPS) is 16.1. The van der Waals surface area contributed by atoms with Crippen LogP contribution in [0.25, 0.3) is 0 Å². The number of benzene rings is 1. The van der Waals surface area contributed by atoms with Gasteiger partial charge < -0.3 is 10.2 Å². The zero-order valence-electron chi connectivity index (χ0n) is 13.4. The number of rotatable bonds is 7. The zero-order valence-corrected chi connectivity index (χ0v) is 13.4. The van der Waals surface area contributed by atoms with Gasteiger partial charge in [-0.3, -0.25) is 9.80 Å². The molecule has 1 aliphatic rings. The van der Waals surface area contributed by atoms with Crippen molar-refractivity contribution in [2.24, 2.45) is 5.10 Å². The van der Waals surface area contributed by atoms with Crippen molar-refractivity contribution in [2.75, 3.05) is 39.8 Å². The highest BCUT2D eigenvalue weighted by Gasteiger charge is 2.10. The highest BCUT2D eigenvalue weighted by Crippen LogP contribution is 2.01. The molecule has 1 aliphatic heterocycles. The fraction of sp³-hybridized carbons (Fsp3) is 0.529. The second-order valence-corrected chi connectivity index (χ2v) is 5.67. The zero-order chi connectivity index (χ0) is 15.6. The summed E-state index contributed by atoms with van der Waals surface area (Å²) in [5, 5.41) is 9.57. The SMILES string of the molecule is CN1CCN(/N=C/CCCCNC(=O)c2ccccc2)CC1. The molecule has 0 aromatic heterocycles. The summed E-state index contributed by atoms with van der Waals surface area (Å²) in [6.07, 6.45) is 5.00. The molecule has 0 atom stereocenters. The quantitative estimate of drug-likeness (QED) is 0.617. The third-order valence-corrected chi connectivity index (χ3v) is 3.81. The van der Waals surface area contributed by atoms with E-state index in [1.165, 1.54) is 0 Å². The summed E-state index contributed by atoms with van der Waals surface area (Å²) in [5.41, 5.74) is 0.721. The maximum absolute atomic E-state index is 11.8. The fourth-order valence-corrected chi connectivity index (χ4v) is 2.34. The lowest BCUT2D eigenvalue weighted by Crippen LogP contribution is -2.41. The first-order chi connectivity index (χ1) is 10.8. The first-order valence-electron chi connectivity index (χ1n) is 8.05. The average molecular weight is 302 g/mol. The van der Waals surface area contributed by atoms with Gasteiger partial charge in [0.2, 0.25) is 0 Å². The van der Waals surface area contributed by atoms with E-state index >= 15 is 0 Å². The minimum atomic E-state index is 0.00621. The van der Waals surface area contributed by atoms with E-state index in [1.807, 2.05) is 36.5 Å². The molecule has 0 radical (unpaired) electrons. The molecule has 1 aromatic rings. The van der Waals surface area contributed by atoms with E-state index in [0.29, 0.717) is 0 Å². The molecule has 1 N–H and O–H groups in total. The number of hydrogen-bond donors (Lipinski definition) is 1. The van der Waals surface area contributed by atoms with Crippen LogP contribution in [0.1, 0.15) is 29.6 Å². The molecule has 2 rings (SSSR count). The van der Waals surface area contributed by atoms with Gasteiger partial charge in [0.1, 0.15) is 0 Å². The lowest BCUT2D eigenvalue weighted by Gasteiger charge is -2.30. The summed E-state index contributed by atoms with van der Waals surface area (Å²) in [7, 11) is 2.14. The van der Waals surface area contributed by atoms with Crippen molar-refractivity contribution < 1.29 is 4.79 Å². The minimum Gasteiger partial charge on any atom is -0.352 e. The van der Waals surface area contributed by atoms with Crippen LogP contribution in [0, 0.1) is 0 Å². The van der Waals surface area contributed by atoms with E-state index in [-0.39, 0.29) is 5.91 Å². The van der Waals surface area contributed by atoms with Gasteiger partial charge in [-0.25, -0.2) is 0 Å². The van der Waals surface area contributed by atoms with E-state index < -0.39 is 0 Å². The number of piperazine rings is 1. The van der Waals surface area contributed by atoms with Crippen molar-refractivity contribution >= 4 is 12.1 Å². The van der Waals surface area contributed by atoms with Crippen molar-refractivity contribution in [3.05, 3.63) is 35.9 Å². The predicted octanol–water partition coefficient (Wildman–Crippen LogP) is 1.82. The number of nitrogens with zero attached hydrogens (tertiary/aromatic N) is 3. The van der Waals surface area contributed by atoms with Gasteiger partial charge in [-0.1, -0.05) is 18.2 Å². The summed E-state index contributed by atoms with van der Waals surface area (Å²) in [6.45, 7) is 4.92. The Morgan fingerprint density at radius 2 is 1.91 bits per heavy atom. The molecule has 0 spiro atoms. The molecule has 0 bridgehead atoms. The van der Waals surface area contributed by atoms with Crippen LogP contribution in [-0.4, -0.2) is 61.8 Å². The molecule has 1 amide bonds. The van der Waals surface area contributed by atoms with Crippen LogP contribution in [0.5, 0.6) is 0 Å². The van der Waals surface area contributed by atoms with Crippen LogP contribution in [0.3, 0.4) is 0 Å². The third kappa shape index (κ3) is 5.85. The standard InChI is InChI=1S/C17H26N4O/c1-20-12-14-21(15-13-20)19-11-7-3-6-10-18-17(22)16-8-4-2-5-9-16/h2,4-5,8-9,11H,3,6-7,10,12-15H2,1H3,(H,18,22)/b19-11+. The smallest absolute Gasteiger partial charge is 0.251 e. The molecule has 22 heavy (non-hydrogen) atoms. The second kappa shape index (κ2) is 9.20. The number of nitrogens with one attached hydrogen (secondary N) is 1. The lowest BCUT2D eigenvalue weighted by molar-refractivity contribution is 0.0953. The van der Waals surface area contributed by atoms with Crippen molar-refractivity contribution in [1.82, 2.24) is 15.2 Å². The maximum Gasteiger partial charge on any atom is 0.251 e. The van der Waals surface area contributed by atoms with Gasteiger partial charge >= 0.3 is 0 Å². The van der Waals surface area contributed by atoms with Crippen LogP contribution in [-0.2, 0) is 0 Å². The molecule has 0 saturated carbocycles. The molecule has 1 aromatic carbocycles. The van der Waals surface area contributed by atoms with Crippen molar-refractivity contribution in [3.63, 3.8) is 0 Å². The number of unbranched alkanes of at least 4 members (excludes halogenated alkanes) is 2. The van der Waals surface area contributed by atoms with Crippen molar-refractivity contribution in [3.8, 4) is 0 Å². The Morgan fingerprint density at radius 1 is 1.18 bits per heavy atom. The topological polar surface area (TPSA) is 47.9 Å². The third-order valence-electron chi connectivity index (χ3n) is 3.81. The predicted molar refractivity (Wildman–Crippen MR) is 90.2 cm³/mol. The Hall–Kier alpha value is -1.88. The summed E-state index contributed by atoms with van der Waals surface area (Å²) < 4.78 is 0. The molecule has 1 fully saturated rings. The van der Waals surface area contributed by atoms with Gasteiger partial charge in [-0.05, 0) is 38.4 Å². The highest BCUT2D eigenvalue weighted by molar-refractivity contribution is 5.94. The minimum absolute atomic E-state index is 0.00621. The van der Waals surface area contributed by atoms with Gasteiger partial charge in [0.05, 0.1) is 0 Å². The van der Waals surface area contributed by atoms with Crippen LogP contribution >= 0.6 is 0 Å². The first-order valence-corrected chi connectivity index (χ1v) is 8.05. The number of carbonyl (C=O) groups excluding carboxylic acids is 1. The van der Waals surface area contributed by atoms with Gasteiger partial charge in [0.25, 0.3) is 5.91 Å². The van der Waals surface area contributed by atoms with E-state index in [9.17, 15) is 4.79 Å². The molecule has 5 heteroatoms. The Morgan fingerprint density at radius 3 is 2.64 bits per heavy atom. The first kappa shape index (κ1) is 16.5. The molecular weight excluding hydrogens is 276 g/mol. The van der Waals surface area contributed by atoms with E-state index in [4.69, 9.17) is 0 Å². The highest BCUT2D eigenvalue weighted by atomic mass is 16.1. The van der Waals surface area contributed by atoms with Crippen LogP contribution in [0.2, 0.25) is 0 Å². The second-order valence-electron chi connectivity index (χ2n) is 5.67. The average Bonchev–Trinajstić information content (AvgIpc) is 2.56. The van der Waals surface area contributed by atoms with Crippen molar-refractivity contribution in [1.29, 1.82) is 0 Å². The summed E-state index contributed by atoms with van der Waals surface area (Å²) in [4.78, 5) is 14.1. The number of likely N-dealkylation sites (N-methyl/N-ethyl adjacent to an activating group) is 1. The van der Waals surface area contributed by atoms with Gasteiger partial charge in [-0.15, -0.1) is 0 Å². The van der Waals surface area contributed by atoms with E-state index in [0.717, 1.165) is 57.5 Å². The Bertz CT molecular complexity index is 467. The number of hydrogen-bond acceptors (Lipinski definition) is 4. The lowest BCUT2D eigenvalue weighted by atomic mass is 10.2. The fourth-order valence-electron chi connectivity index (χ4n) is 2.34. The van der Waals surface area contributed by atoms with Crippen LogP contribution in [0.4, 0.5) is 0 Å². The van der Waals surface area contributed by atoms with Crippen molar-refractivity contribution in [2.45, 2.75) is 19.3 Å². The van der Waals surface area contributed by atoms with Crippen LogP contribution < -0.4 is 5.32 Å². The Kier molecular flexibility index (Phi) is 6.90. The molecule has 120 valence electrons. The van der Waals surface area contributed by atoms with E-state index in [1.54, 1.807) is 0 Å². The summed E-state index contributed by atoms with van der Waals surface area (Å²) in [5.74, 6) is 0.00621. The Balaban J connectivity index is 1.52. The molecule has 1 saturated heterocycles. The van der Waals surface area contributed by atoms with Crippen LogP contribution in [0.15, 0.2) is 35.4 Å². The van der Waals surface area contributed by atoms with Gasteiger partial charge in [0, 0.05) is 44.5 Å². The Labute approximate surface area is 133 Å². The number of hydrazone groups is 1.